The first-order chi connectivity index (χ1) is 24.2. The molecule has 12 heteroatoms. The van der Waals surface area contributed by atoms with E-state index in [4.69, 9.17) is 19.4 Å². The van der Waals surface area contributed by atoms with Crippen molar-refractivity contribution in [1.29, 1.82) is 0 Å². The number of hydrogen-bond donors (Lipinski definition) is 5. The normalized spacial score (nSPS) is 22.1. The Morgan fingerprint density at radius 3 is 2.76 bits per heavy atom. The van der Waals surface area contributed by atoms with E-state index >= 15 is 0 Å². The van der Waals surface area contributed by atoms with Crippen molar-refractivity contribution in [1.82, 2.24) is 35.5 Å². The number of nitrogens with zero attached hydrogens (tertiary/aromatic N) is 3. The van der Waals surface area contributed by atoms with Crippen molar-refractivity contribution >= 4 is 33.8 Å². The lowest BCUT2D eigenvalue weighted by molar-refractivity contribution is -0.135. The second-order valence-corrected chi connectivity index (χ2v) is 14.5. The van der Waals surface area contributed by atoms with Crippen LogP contribution in [0.5, 0.6) is 5.75 Å². The van der Waals surface area contributed by atoms with Crippen LogP contribution in [-0.2, 0) is 16.1 Å². The SMILES string of the molecule is COC[C@@H]1CN[C@H](c2nc3c(ccc4cc5c(cc43)OCc3cc(-c4cnc([C@@H]6C[C@H](C)CN6C(=O)C(NC(=O)O)C(C)C)[nH]4)ccc3-5)[nH]2)C1. The highest BCUT2D eigenvalue weighted by Gasteiger charge is 2.40. The summed E-state index contributed by atoms with van der Waals surface area (Å²) < 4.78 is 11.7. The average Bonchev–Trinajstić information content (AvgIpc) is 3.92. The number of carboxylic acid groups (broad SMARTS) is 1. The Morgan fingerprint density at radius 2 is 1.96 bits per heavy atom. The molecule has 5 aromatic rings. The first-order valence-corrected chi connectivity index (χ1v) is 17.5. The molecule has 8 rings (SSSR count). The van der Waals surface area contributed by atoms with E-state index in [1.807, 2.05) is 20.0 Å². The van der Waals surface area contributed by atoms with Crippen LogP contribution >= 0.6 is 0 Å². The highest BCUT2D eigenvalue weighted by atomic mass is 16.5. The molecule has 5 atom stereocenters. The minimum absolute atomic E-state index is 0.181. The number of H-pyrrole nitrogens is 2. The van der Waals surface area contributed by atoms with Crippen LogP contribution in [0.15, 0.2) is 48.7 Å². The van der Waals surface area contributed by atoms with Crippen LogP contribution in [0.4, 0.5) is 4.79 Å². The number of hydrogen-bond acceptors (Lipinski definition) is 7. The number of carbonyl (C=O) groups excluding carboxylic acids is 1. The molecule has 2 amide bonds. The van der Waals surface area contributed by atoms with Crippen molar-refractivity contribution in [2.75, 3.05) is 26.8 Å². The fourth-order valence-electron chi connectivity index (χ4n) is 8.04. The number of methoxy groups -OCH3 is 1. The van der Waals surface area contributed by atoms with Gasteiger partial charge in [-0.2, -0.15) is 0 Å². The number of nitrogens with one attached hydrogen (secondary N) is 4. The van der Waals surface area contributed by atoms with E-state index in [9.17, 15) is 14.7 Å². The number of aromatic nitrogens is 4. The Kier molecular flexibility index (Phi) is 8.23. The molecule has 3 aromatic carbocycles. The van der Waals surface area contributed by atoms with E-state index in [0.717, 1.165) is 87.3 Å². The Morgan fingerprint density at radius 1 is 1.10 bits per heavy atom. The average molecular weight is 678 g/mol. The molecule has 50 heavy (non-hydrogen) atoms. The molecule has 0 radical (unpaired) electrons. The van der Waals surface area contributed by atoms with Crippen LogP contribution in [0.1, 0.15) is 62.9 Å². The van der Waals surface area contributed by atoms with Gasteiger partial charge in [-0.15, -0.1) is 0 Å². The Hall–Kier alpha value is -4.94. The number of aromatic amines is 2. The van der Waals surface area contributed by atoms with Gasteiger partial charge in [0.2, 0.25) is 5.91 Å². The summed E-state index contributed by atoms with van der Waals surface area (Å²) in [6.07, 6.45) is 2.35. The number of fused-ring (bicyclic) bond motifs is 6. The van der Waals surface area contributed by atoms with Crippen molar-refractivity contribution < 1.29 is 24.2 Å². The Labute approximate surface area is 290 Å². The smallest absolute Gasteiger partial charge is 0.405 e. The van der Waals surface area contributed by atoms with Gasteiger partial charge in [-0.1, -0.05) is 39.0 Å². The van der Waals surface area contributed by atoms with Crippen LogP contribution in [-0.4, -0.2) is 74.8 Å². The summed E-state index contributed by atoms with van der Waals surface area (Å²) in [7, 11) is 1.75. The predicted octanol–water partition coefficient (Wildman–Crippen LogP) is 6.16. The van der Waals surface area contributed by atoms with Gasteiger partial charge in [0, 0.05) is 31.1 Å². The lowest BCUT2D eigenvalue weighted by Gasteiger charge is -2.29. The standard InChI is InChI=1S/C38H43N7O5/c1-19(2)33(44-38(47)48)37(46)45-16-20(3)9-31(45)36-40-15-30(42-36)23-5-7-25-24(11-23)18-50-32-13-26-22(12-27(25)32)6-8-28-34(26)43-35(41-28)29-10-21(14-39-29)17-49-4/h5-8,11-13,15,19-21,29,31,33,39,44H,9-10,14,16-18H2,1-4H3,(H,40,42)(H,41,43)(H,47,48)/t20-,21-,29-,31-,33?/m0/s1. The number of likely N-dealkylation sites (tertiary alicyclic amines) is 1. The van der Waals surface area contributed by atoms with Gasteiger partial charge >= 0.3 is 6.09 Å². The minimum atomic E-state index is -1.20. The molecule has 260 valence electrons. The Bertz CT molecular complexity index is 2100. The number of benzene rings is 3. The number of rotatable bonds is 8. The Balaban J connectivity index is 1.05. The second-order valence-electron chi connectivity index (χ2n) is 14.5. The maximum atomic E-state index is 13.6. The molecule has 2 aromatic heterocycles. The highest BCUT2D eigenvalue weighted by Crippen LogP contribution is 2.43. The topological polar surface area (TPSA) is 157 Å². The molecule has 5 N–H and O–H groups in total. The van der Waals surface area contributed by atoms with Crippen molar-refractivity contribution in [2.45, 2.75) is 58.3 Å². The highest BCUT2D eigenvalue weighted by molar-refractivity contribution is 6.07. The summed E-state index contributed by atoms with van der Waals surface area (Å²) in [5.41, 5.74) is 7.06. The first-order valence-electron chi connectivity index (χ1n) is 17.5. The van der Waals surface area contributed by atoms with Gasteiger partial charge in [0.25, 0.3) is 0 Å². The summed E-state index contributed by atoms with van der Waals surface area (Å²) in [6, 6.07) is 14.0. The molecular formula is C38H43N7O5. The van der Waals surface area contributed by atoms with E-state index in [-0.39, 0.29) is 29.8 Å². The van der Waals surface area contributed by atoms with Crippen molar-refractivity contribution in [3.63, 3.8) is 0 Å². The van der Waals surface area contributed by atoms with Crippen molar-refractivity contribution in [3.8, 4) is 28.1 Å². The maximum absolute atomic E-state index is 13.6. The van der Waals surface area contributed by atoms with Crippen molar-refractivity contribution in [3.05, 3.63) is 65.9 Å². The summed E-state index contributed by atoms with van der Waals surface area (Å²) in [5, 5.41) is 17.5. The summed E-state index contributed by atoms with van der Waals surface area (Å²) >= 11 is 0. The van der Waals surface area contributed by atoms with E-state index in [2.05, 4.69) is 70.0 Å². The van der Waals surface area contributed by atoms with Gasteiger partial charge in [0.15, 0.2) is 0 Å². The van der Waals surface area contributed by atoms with Crippen LogP contribution in [0.25, 0.3) is 44.2 Å². The number of amides is 2. The van der Waals surface area contributed by atoms with Crippen LogP contribution in [0, 0.1) is 17.8 Å². The quantitative estimate of drug-likeness (QED) is 0.131. The zero-order chi connectivity index (χ0) is 34.7. The van der Waals surface area contributed by atoms with Gasteiger partial charge < -0.3 is 40.1 Å². The van der Waals surface area contributed by atoms with E-state index in [1.54, 1.807) is 12.0 Å². The van der Waals surface area contributed by atoms with Crippen molar-refractivity contribution in [2.24, 2.45) is 17.8 Å². The van der Waals surface area contributed by atoms with Gasteiger partial charge in [-0.05, 0) is 76.9 Å². The number of imidazole rings is 2. The molecule has 5 heterocycles. The van der Waals surface area contributed by atoms with Crippen LogP contribution < -0.4 is 15.4 Å². The second kappa shape index (κ2) is 12.7. The monoisotopic (exact) mass is 677 g/mol. The molecule has 0 bridgehead atoms. The number of carbonyl (C=O) groups is 2. The maximum Gasteiger partial charge on any atom is 0.405 e. The summed E-state index contributed by atoms with van der Waals surface area (Å²) in [6.45, 7) is 8.45. The predicted molar refractivity (Wildman–Crippen MR) is 190 cm³/mol. The van der Waals surface area contributed by atoms with Gasteiger partial charge in [0.05, 0.1) is 41.6 Å². The molecule has 0 spiro atoms. The summed E-state index contributed by atoms with van der Waals surface area (Å²) in [5.74, 6) is 2.84. The lowest BCUT2D eigenvalue weighted by Crippen LogP contribution is -2.50. The third-order valence-corrected chi connectivity index (χ3v) is 10.5. The fraction of sp³-hybridized carbons (Fsp3) is 0.421. The first kappa shape index (κ1) is 32.3. The lowest BCUT2D eigenvalue weighted by atomic mass is 9.92. The molecule has 12 nitrogen and oxygen atoms in total. The third kappa shape index (κ3) is 5.75. The van der Waals surface area contributed by atoms with Crippen LogP contribution in [0.2, 0.25) is 0 Å². The third-order valence-electron chi connectivity index (χ3n) is 10.5. The van der Waals surface area contributed by atoms with Gasteiger partial charge in [-0.25, -0.2) is 14.8 Å². The van der Waals surface area contributed by atoms with Gasteiger partial charge in [-0.3, -0.25) is 4.79 Å². The molecule has 2 saturated heterocycles. The van der Waals surface area contributed by atoms with E-state index in [1.165, 1.54) is 0 Å². The number of ether oxygens (including phenoxy) is 2. The zero-order valence-corrected chi connectivity index (χ0v) is 28.7. The van der Waals surface area contributed by atoms with E-state index in [0.29, 0.717) is 24.9 Å². The molecule has 0 saturated carbocycles. The minimum Gasteiger partial charge on any atom is -0.488 e. The summed E-state index contributed by atoms with van der Waals surface area (Å²) in [4.78, 5) is 43.6. The van der Waals surface area contributed by atoms with E-state index < -0.39 is 12.1 Å². The van der Waals surface area contributed by atoms with Crippen LogP contribution in [0.3, 0.4) is 0 Å². The molecule has 3 aliphatic heterocycles. The van der Waals surface area contributed by atoms with Gasteiger partial charge in [0.1, 0.15) is 30.0 Å². The largest absolute Gasteiger partial charge is 0.488 e. The zero-order valence-electron chi connectivity index (χ0n) is 28.7. The molecule has 1 unspecified atom stereocenters. The molecule has 3 aliphatic rings. The fourth-order valence-corrected chi connectivity index (χ4v) is 8.04. The molecule has 0 aliphatic carbocycles. The molecule has 2 fully saturated rings. The molecular weight excluding hydrogens is 634 g/mol.